The van der Waals surface area contributed by atoms with Crippen molar-refractivity contribution in [1.82, 2.24) is 9.88 Å². The summed E-state index contributed by atoms with van der Waals surface area (Å²) >= 11 is 0. The fraction of sp³-hybridized carbons (Fsp3) is 0.636. The monoisotopic (exact) mass is 224 g/mol. The minimum Gasteiger partial charge on any atom is -0.436 e. The van der Waals surface area contributed by atoms with Crippen LogP contribution < -0.4 is 0 Å². The maximum absolute atomic E-state index is 12.1. The molecule has 5 nitrogen and oxygen atoms in total. The van der Waals surface area contributed by atoms with Crippen molar-refractivity contribution < 1.29 is 14.3 Å². The molecular weight excluding hydrogens is 208 g/mol. The minimum absolute atomic E-state index is 0.120. The molecule has 0 unspecified atom stereocenters. The molecule has 0 radical (unpaired) electrons. The number of likely N-dealkylation sites (tertiary alicyclic amines) is 1. The number of amides is 1. The molecule has 0 atom stereocenters. The van der Waals surface area contributed by atoms with Crippen LogP contribution in [0.15, 0.2) is 4.42 Å². The molecule has 2 rings (SSSR count). The zero-order valence-corrected chi connectivity index (χ0v) is 9.56. The van der Waals surface area contributed by atoms with Gasteiger partial charge < -0.3 is 14.4 Å². The summed E-state index contributed by atoms with van der Waals surface area (Å²) in [5.41, 5.74) is 0.633. The van der Waals surface area contributed by atoms with Crippen LogP contribution in [0.5, 0.6) is 0 Å². The maximum atomic E-state index is 12.1. The van der Waals surface area contributed by atoms with Gasteiger partial charge in [0.2, 0.25) is 5.76 Å². The van der Waals surface area contributed by atoms with E-state index >= 15 is 0 Å². The van der Waals surface area contributed by atoms with E-state index in [-0.39, 0.29) is 12.0 Å². The maximum Gasteiger partial charge on any atom is 0.291 e. The van der Waals surface area contributed by atoms with Gasteiger partial charge in [-0.15, -0.1) is 0 Å². The van der Waals surface area contributed by atoms with Gasteiger partial charge in [-0.25, -0.2) is 4.98 Å². The molecule has 0 saturated carbocycles. The number of carbonyl (C=O) groups excluding carboxylic acids is 1. The second-order valence-corrected chi connectivity index (χ2v) is 4.17. The molecule has 0 bridgehead atoms. The molecule has 1 amide bonds. The molecule has 2 heterocycles. The van der Waals surface area contributed by atoms with Gasteiger partial charge in [-0.2, -0.15) is 0 Å². The third kappa shape index (κ3) is 2.09. The van der Waals surface area contributed by atoms with Gasteiger partial charge in [-0.1, -0.05) is 0 Å². The number of aliphatic hydroxyl groups is 1. The first-order valence-corrected chi connectivity index (χ1v) is 5.49. The van der Waals surface area contributed by atoms with Crippen molar-refractivity contribution in [3.05, 3.63) is 17.3 Å². The van der Waals surface area contributed by atoms with Crippen LogP contribution in [0.25, 0.3) is 0 Å². The molecule has 16 heavy (non-hydrogen) atoms. The van der Waals surface area contributed by atoms with Crippen molar-refractivity contribution in [2.24, 2.45) is 0 Å². The Morgan fingerprint density at radius 1 is 1.44 bits per heavy atom. The number of rotatable bonds is 1. The molecule has 88 valence electrons. The van der Waals surface area contributed by atoms with Crippen LogP contribution in [0.4, 0.5) is 0 Å². The van der Waals surface area contributed by atoms with Gasteiger partial charge >= 0.3 is 0 Å². The predicted molar refractivity (Wildman–Crippen MR) is 57.1 cm³/mol. The van der Waals surface area contributed by atoms with Crippen LogP contribution in [0.3, 0.4) is 0 Å². The van der Waals surface area contributed by atoms with Crippen LogP contribution in [-0.4, -0.2) is 40.1 Å². The highest BCUT2D eigenvalue weighted by atomic mass is 16.4. The molecule has 1 aliphatic heterocycles. The molecule has 0 aliphatic carbocycles. The molecule has 1 fully saturated rings. The summed E-state index contributed by atoms with van der Waals surface area (Å²) in [5, 5.41) is 9.36. The quantitative estimate of drug-likeness (QED) is 0.769. The van der Waals surface area contributed by atoms with Crippen molar-refractivity contribution in [2.45, 2.75) is 32.8 Å². The van der Waals surface area contributed by atoms with Crippen LogP contribution in [0.1, 0.15) is 35.0 Å². The van der Waals surface area contributed by atoms with Crippen molar-refractivity contribution in [1.29, 1.82) is 0 Å². The van der Waals surface area contributed by atoms with Gasteiger partial charge in [0, 0.05) is 20.0 Å². The molecule has 0 aromatic carbocycles. The Labute approximate surface area is 94.1 Å². The Kier molecular flexibility index (Phi) is 2.96. The van der Waals surface area contributed by atoms with Gasteiger partial charge in [0.25, 0.3) is 5.91 Å². The Morgan fingerprint density at radius 2 is 2.06 bits per heavy atom. The van der Waals surface area contributed by atoms with E-state index in [9.17, 15) is 9.90 Å². The number of carbonyl (C=O) groups is 1. The van der Waals surface area contributed by atoms with Gasteiger partial charge in [0.05, 0.1) is 11.8 Å². The van der Waals surface area contributed by atoms with Gasteiger partial charge in [-0.05, 0) is 19.8 Å². The zero-order chi connectivity index (χ0) is 11.7. The van der Waals surface area contributed by atoms with E-state index in [4.69, 9.17) is 4.42 Å². The summed E-state index contributed by atoms with van der Waals surface area (Å²) in [5.74, 6) is 0.719. The third-order valence-corrected chi connectivity index (χ3v) is 2.85. The van der Waals surface area contributed by atoms with E-state index in [1.165, 1.54) is 0 Å². The van der Waals surface area contributed by atoms with E-state index in [1.54, 1.807) is 18.7 Å². The first-order valence-electron chi connectivity index (χ1n) is 5.49. The summed E-state index contributed by atoms with van der Waals surface area (Å²) in [6.45, 7) is 4.66. The van der Waals surface area contributed by atoms with Crippen molar-refractivity contribution in [2.75, 3.05) is 13.1 Å². The van der Waals surface area contributed by atoms with Gasteiger partial charge in [0.1, 0.15) is 0 Å². The highest BCUT2D eigenvalue weighted by Crippen LogP contribution is 2.16. The number of oxazole rings is 1. The second-order valence-electron chi connectivity index (χ2n) is 4.17. The predicted octanol–water partition coefficient (Wildman–Crippen LogP) is 0.888. The number of nitrogens with zero attached hydrogens (tertiary/aromatic N) is 2. The molecule has 0 spiro atoms. The van der Waals surface area contributed by atoms with Gasteiger partial charge in [0.15, 0.2) is 5.89 Å². The van der Waals surface area contributed by atoms with Crippen LogP contribution in [-0.2, 0) is 0 Å². The fourth-order valence-electron chi connectivity index (χ4n) is 1.94. The number of aromatic nitrogens is 1. The number of aryl methyl sites for hydroxylation is 2. The molecule has 5 heteroatoms. The SMILES string of the molecule is Cc1nc(C)c(C(=O)N2CCC(O)CC2)o1. The highest BCUT2D eigenvalue weighted by molar-refractivity contribution is 5.92. The number of aliphatic hydroxyl groups excluding tert-OH is 1. The zero-order valence-electron chi connectivity index (χ0n) is 9.56. The van der Waals surface area contributed by atoms with E-state index in [0.717, 1.165) is 0 Å². The average molecular weight is 224 g/mol. The molecule has 1 aromatic heterocycles. The van der Waals surface area contributed by atoms with Gasteiger partial charge in [-0.3, -0.25) is 4.79 Å². The lowest BCUT2D eigenvalue weighted by atomic mass is 10.1. The summed E-state index contributed by atoms with van der Waals surface area (Å²) in [4.78, 5) is 17.8. The average Bonchev–Trinajstić information content (AvgIpc) is 2.58. The number of piperidine rings is 1. The molecule has 1 N–H and O–H groups in total. The number of hydrogen-bond donors (Lipinski definition) is 1. The van der Waals surface area contributed by atoms with Crippen LogP contribution >= 0.6 is 0 Å². The topological polar surface area (TPSA) is 66.6 Å². The van der Waals surface area contributed by atoms with Crippen LogP contribution in [0, 0.1) is 13.8 Å². The first-order chi connectivity index (χ1) is 7.58. The Bertz CT molecular complexity index is 392. The normalized spacial score (nSPS) is 17.8. The van der Waals surface area contributed by atoms with E-state index in [0.29, 0.717) is 43.3 Å². The molecular formula is C11H16N2O3. The largest absolute Gasteiger partial charge is 0.436 e. The Hall–Kier alpha value is -1.36. The van der Waals surface area contributed by atoms with E-state index in [2.05, 4.69) is 4.98 Å². The summed E-state index contributed by atoms with van der Waals surface area (Å²) in [6.07, 6.45) is 0.997. The standard InChI is InChI=1S/C11H16N2O3/c1-7-10(16-8(2)12-7)11(15)13-5-3-9(14)4-6-13/h9,14H,3-6H2,1-2H3. The van der Waals surface area contributed by atoms with Crippen molar-refractivity contribution in [3.63, 3.8) is 0 Å². The Morgan fingerprint density at radius 3 is 2.56 bits per heavy atom. The Balaban J connectivity index is 2.10. The second kappa shape index (κ2) is 4.25. The number of hydrogen-bond acceptors (Lipinski definition) is 4. The summed E-state index contributed by atoms with van der Waals surface area (Å²) < 4.78 is 5.29. The summed E-state index contributed by atoms with van der Waals surface area (Å²) in [6, 6.07) is 0. The van der Waals surface area contributed by atoms with E-state index < -0.39 is 0 Å². The smallest absolute Gasteiger partial charge is 0.291 e. The molecule has 1 aromatic rings. The molecule has 1 aliphatic rings. The first kappa shape index (κ1) is 11.1. The van der Waals surface area contributed by atoms with Crippen LogP contribution in [0.2, 0.25) is 0 Å². The minimum atomic E-state index is -0.276. The molecule has 1 saturated heterocycles. The third-order valence-electron chi connectivity index (χ3n) is 2.85. The summed E-state index contributed by atoms with van der Waals surface area (Å²) in [7, 11) is 0. The van der Waals surface area contributed by atoms with E-state index in [1.807, 2.05) is 0 Å². The van der Waals surface area contributed by atoms with Crippen molar-refractivity contribution >= 4 is 5.91 Å². The lowest BCUT2D eigenvalue weighted by Gasteiger charge is -2.28. The lowest BCUT2D eigenvalue weighted by molar-refractivity contribution is 0.0518. The fourth-order valence-corrected chi connectivity index (χ4v) is 1.94. The lowest BCUT2D eigenvalue weighted by Crippen LogP contribution is -2.40. The van der Waals surface area contributed by atoms with Crippen molar-refractivity contribution in [3.8, 4) is 0 Å². The highest BCUT2D eigenvalue weighted by Gasteiger charge is 2.26.